The Balaban J connectivity index is 1.25. The minimum Gasteiger partial charge on any atom is -0.494 e. The van der Waals surface area contributed by atoms with Crippen molar-refractivity contribution in [2.75, 3.05) is 52.4 Å². The summed E-state index contributed by atoms with van der Waals surface area (Å²) in [6, 6.07) is 15.3. The van der Waals surface area contributed by atoms with Crippen molar-refractivity contribution in [1.82, 2.24) is 14.1 Å². The summed E-state index contributed by atoms with van der Waals surface area (Å²) in [6.07, 6.45) is 5.44. The molecule has 8 heteroatoms. The van der Waals surface area contributed by atoms with Gasteiger partial charge in [-0.3, -0.25) is 9.69 Å². The zero-order chi connectivity index (χ0) is 25.5. The van der Waals surface area contributed by atoms with Crippen molar-refractivity contribution >= 4 is 22.0 Å². The van der Waals surface area contributed by atoms with Gasteiger partial charge in [0.2, 0.25) is 15.9 Å². The predicted molar refractivity (Wildman–Crippen MR) is 142 cm³/mol. The Hall–Kier alpha value is -2.68. The number of hydrogen-bond acceptors (Lipinski definition) is 5. The van der Waals surface area contributed by atoms with Gasteiger partial charge >= 0.3 is 0 Å². The summed E-state index contributed by atoms with van der Waals surface area (Å²) in [7, 11) is -3.59. The molecule has 2 fully saturated rings. The first kappa shape index (κ1) is 26.4. The van der Waals surface area contributed by atoms with Crippen LogP contribution in [-0.2, 0) is 14.8 Å². The van der Waals surface area contributed by atoms with E-state index in [0.29, 0.717) is 38.3 Å². The van der Waals surface area contributed by atoms with Gasteiger partial charge < -0.3 is 9.64 Å². The normalized spacial score (nSPS) is 18.6. The van der Waals surface area contributed by atoms with Crippen LogP contribution in [0.25, 0.3) is 6.08 Å². The van der Waals surface area contributed by atoms with Crippen molar-refractivity contribution in [1.29, 1.82) is 0 Å². The molecule has 0 saturated carbocycles. The van der Waals surface area contributed by atoms with Gasteiger partial charge in [-0.25, -0.2) is 8.42 Å². The molecule has 2 heterocycles. The molecule has 2 aromatic carbocycles. The predicted octanol–water partition coefficient (Wildman–Crippen LogP) is 3.65. The molecule has 0 aromatic heterocycles. The number of sulfonamides is 1. The number of piperidine rings is 1. The molecule has 194 valence electrons. The van der Waals surface area contributed by atoms with Crippen LogP contribution in [0, 0.1) is 12.8 Å². The van der Waals surface area contributed by atoms with Crippen molar-refractivity contribution in [3.05, 3.63) is 65.7 Å². The van der Waals surface area contributed by atoms with Crippen molar-refractivity contribution in [2.24, 2.45) is 5.92 Å². The summed E-state index contributed by atoms with van der Waals surface area (Å²) in [5.41, 5.74) is 2.00. The lowest BCUT2D eigenvalue weighted by Gasteiger charge is -2.38. The molecule has 0 atom stereocenters. The summed E-state index contributed by atoms with van der Waals surface area (Å²) < 4.78 is 33.4. The average molecular weight is 512 g/mol. The third-order valence-corrected chi connectivity index (χ3v) is 8.94. The van der Waals surface area contributed by atoms with E-state index < -0.39 is 10.0 Å². The Labute approximate surface area is 215 Å². The van der Waals surface area contributed by atoms with Gasteiger partial charge in [-0.15, -0.1) is 0 Å². The van der Waals surface area contributed by atoms with Crippen molar-refractivity contribution in [3.8, 4) is 5.75 Å². The Morgan fingerprint density at radius 1 is 1.00 bits per heavy atom. The molecule has 36 heavy (non-hydrogen) atoms. The Kier molecular flexibility index (Phi) is 8.82. The lowest BCUT2D eigenvalue weighted by molar-refractivity contribution is -0.138. The fourth-order valence-corrected chi connectivity index (χ4v) is 6.46. The number of carbonyl (C=O) groups excluding carboxylic acids is 1. The van der Waals surface area contributed by atoms with Gasteiger partial charge in [-0.1, -0.05) is 42.5 Å². The van der Waals surface area contributed by atoms with Crippen LogP contribution in [-0.4, -0.2) is 80.9 Å². The summed E-state index contributed by atoms with van der Waals surface area (Å²) in [5.74, 6) is 0.763. The summed E-state index contributed by atoms with van der Waals surface area (Å²) in [4.78, 5) is 17.7. The van der Waals surface area contributed by atoms with E-state index in [-0.39, 0.29) is 16.7 Å². The molecule has 1 amide bonds. The fraction of sp³-hybridized carbons (Fsp3) is 0.464. The van der Waals surface area contributed by atoms with Gasteiger partial charge in [0.1, 0.15) is 5.75 Å². The SMILES string of the molecule is CCOc1ccc(S(=O)(=O)N2CCC(C(=O)N3CCN(C/C=C/c4ccccc4)CC3)CC2)cc1C. The van der Waals surface area contributed by atoms with E-state index in [1.807, 2.05) is 36.9 Å². The lowest BCUT2D eigenvalue weighted by atomic mass is 9.96. The largest absolute Gasteiger partial charge is 0.494 e. The molecule has 2 aromatic rings. The first-order valence-corrected chi connectivity index (χ1v) is 14.3. The molecule has 2 saturated heterocycles. The van der Waals surface area contributed by atoms with E-state index >= 15 is 0 Å². The van der Waals surface area contributed by atoms with Gasteiger partial charge in [-0.05, 0) is 56.0 Å². The molecule has 0 unspecified atom stereocenters. The standard InChI is InChI=1S/C28H37N3O4S/c1-3-35-27-12-11-26(22-23(27)2)36(33,34)31-16-13-25(14-17-31)28(32)30-20-18-29(19-21-30)15-7-10-24-8-5-4-6-9-24/h4-12,22,25H,3,13-21H2,1-2H3/b10-7+. The second kappa shape index (κ2) is 12.0. The van der Waals surface area contributed by atoms with Gasteiger partial charge in [0.15, 0.2) is 0 Å². The summed E-state index contributed by atoms with van der Waals surface area (Å²) in [5, 5.41) is 0. The Morgan fingerprint density at radius 2 is 1.69 bits per heavy atom. The molecule has 0 aliphatic carbocycles. The second-order valence-electron chi connectivity index (χ2n) is 9.48. The van der Waals surface area contributed by atoms with Crippen molar-refractivity contribution in [2.45, 2.75) is 31.6 Å². The highest BCUT2D eigenvalue weighted by atomic mass is 32.2. The van der Waals surface area contributed by atoms with Crippen LogP contribution in [0.3, 0.4) is 0 Å². The summed E-state index contributed by atoms with van der Waals surface area (Å²) >= 11 is 0. The highest BCUT2D eigenvalue weighted by Gasteiger charge is 2.34. The van der Waals surface area contributed by atoms with E-state index in [9.17, 15) is 13.2 Å². The molecule has 7 nitrogen and oxygen atoms in total. The fourth-order valence-electron chi connectivity index (χ4n) is 4.90. The molecule has 0 N–H and O–H groups in total. The maximum Gasteiger partial charge on any atom is 0.243 e. The van der Waals surface area contributed by atoms with E-state index in [1.54, 1.807) is 18.2 Å². The van der Waals surface area contributed by atoms with Crippen LogP contribution in [0.5, 0.6) is 5.75 Å². The van der Waals surface area contributed by atoms with Gasteiger partial charge in [0, 0.05) is 51.7 Å². The van der Waals surface area contributed by atoms with E-state index in [2.05, 4.69) is 29.2 Å². The van der Waals surface area contributed by atoms with Crippen LogP contribution < -0.4 is 4.74 Å². The first-order valence-electron chi connectivity index (χ1n) is 12.8. The van der Waals surface area contributed by atoms with Crippen LogP contribution in [0.1, 0.15) is 30.9 Å². The van der Waals surface area contributed by atoms with E-state index in [4.69, 9.17) is 4.74 Å². The molecule has 4 rings (SSSR count). The molecule has 0 radical (unpaired) electrons. The maximum absolute atomic E-state index is 13.2. The Morgan fingerprint density at radius 3 is 2.33 bits per heavy atom. The number of aryl methyl sites for hydroxylation is 1. The van der Waals surface area contributed by atoms with Crippen LogP contribution >= 0.6 is 0 Å². The monoisotopic (exact) mass is 511 g/mol. The maximum atomic E-state index is 13.2. The van der Waals surface area contributed by atoms with Gasteiger partial charge in [0.05, 0.1) is 11.5 Å². The van der Waals surface area contributed by atoms with Crippen LogP contribution in [0.15, 0.2) is 59.5 Å². The average Bonchev–Trinajstić information content (AvgIpc) is 2.90. The van der Waals surface area contributed by atoms with Crippen LogP contribution in [0.4, 0.5) is 0 Å². The number of benzene rings is 2. The third kappa shape index (κ3) is 6.35. The molecular formula is C28H37N3O4S. The number of piperazine rings is 1. The van der Waals surface area contributed by atoms with Crippen molar-refractivity contribution < 1.29 is 17.9 Å². The first-order chi connectivity index (χ1) is 17.4. The van der Waals surface area contributed by atoms with Gasteiger partial charge in [-0.2, -0.15) is 4.31 Å². The smallest absolute Gasteiger partial charge is 0.243 e. The molecular weight excluding hydrogens is 474 g/mol. The number of amides is 1. The second-order valence-corrected chi connectivity index (χ2v) is 11.4. The number of nitrogens with zero attached hydrogens (tertiary/aromatic N) is 3. The number of hydrogen-bond donors (Lipinski definition) is 0. The molecule has 0 bridgehead atoms. The summed E-state index contributed by atoms with van der Waals surface area (Å²) in [6.45, 7) is 9.07. The van der Waals surface area contributed by atoms with Crippen molar-refractivity contribution in [3.63, 3.8) is 0 Å². The zero-order valence-corrected chi connectivity index (χ0v) is 22.1. The quantitative estimate of drug-likeness (QED) is 0.541. The van der Waals surface area contributed by atoms with E-state index in [1.165, 1.54) is 9.87 Å². The topological polar surface area (TPSA) is 70.2 Å². The minimum absolute atomic E-state index is 0.108. The van der Waals surface area contributed by atoms with E-state index in [0.717, 1.165) is 38.3 Å². The molecule has 2 aliphatic heterocycles. The highest BCUT2D eigenvalue weighted by molar-refractivity contribution is 7.89. The number of rotatable bonds is 8. The van der Waals surface area contributed by atoms with Crippen LogP contribution in [0.2, 0.25) is 0 Å². The zero-order valence-electron chi connectivity index (χ0n) is 21.3. The third-order valence-electron chi connectivity index (χ3n) is 7.04. The molecule has 0 spiro atoms. The lowest BCUT2D eigenvalue weighted by Crippen LogP contribution is -2.51. The minimum atomic E-state index is -3.59. The highest BCUT2D eigenvalue weighted by Crippen LogP contribution is 2.28. The number of carbonyl (C=O) groups is 1. The number of ether oxygens (including phenoxy) is 1. The van der Waals surface area contributed by atoms with Gasteiger partial charge in [0.25, 0.3) is 0 Å². The molecule has 2 aliphatic rings. The Bertz CT molecular complexity index is 1150.